The second-order valence-electron chi connectivity index (χ2n) is 7.74. The van der Waals surface area contributed by atoms with Gasteiger partial charge in [0.1, 0.15) is 18.2 Å². The lowest BCUT2D eigenvalue weighted by Gasteiger charge is -2.22. The molecule has 0 saturated carbocycles. The van der Waals surface area contributed by atoms with Crippen LogP contribution >= 0.6 is 0 Å². The molecule has 0 radical (unpaired) electrons. The van der Waals surface area contributed by atoms with Gasteiger partial charge in [-0.15, -0.1) is 0 Å². The molecule has 4 nitrogen and oxygen atoms in total. The molecule has 4 heterocycles. The maximum Gasteiger partial charge on any atom is 0.298 e. The van der Waals surface area contributed by atoms with E-state index < -0.39 is 0 Å². The van der Waals surface area contributed by atoms with Crippen molar-refractivity contribution in [2.75, 3.05) is 0 Å². The van der Waals surface area contributed by atoms with Gasteiger partial charge in [0.2, 0.25) is 5.69 Å². The summed E-state index contributed by atoms with van der Waals surface area (Å²) in [5, 5.41) is 6.59. The van der Waals surface area contributed by atoms with E-state index in [0.29, 0.717) is 5.78 Å². The minimum Gasteiger partial charge on any atom is -0.452 e. The third-order valence-electron chi connectivity index (χ3n) is 6.17. The number of fused-ring (bicyclic) bond motifs is 7. The lowest BCUT2D eigenvalue weighted by molar-refractivity contribution is -0.659. The molecule has 0 N–H and O–H groups in total. The summed E-state index contributed by atoms with van der Waals surface area (Å²) >= 11 is 0. The Kier molecular flexibility index (Phi) is 2.60. The number of ether oxygens (including phenoxy) is 1. The molecular weight excluding hydrogens is 362 g/mol. The Morgan fingerprint density at radius 1 is 0.897 bits per heavy atom. The standard InChI is InChI=1S/C25H16NO3/c1-13-16-6-4-3-5-14(16)12-19-20(13)22-21-15(7-9-26(22)2)11-18-17-8-10-27-25(17)29-23(18)24(21)28-19/h3-12H,1-2H3/q+1. The molecule has 0 saturated heterocycles. The van der Waals surface area contributed by atoms with Crippen molar-refractivity contribution in [2.24, 2.45) is 7.05 Å². The maximum atomic E-state index is 6.56. The van der Waals surface area contributed by atoms with Gasteiger partial charge in [0.25, 0.3) is 5.78 Å². The molecule has 3 aromatic heterocycles. The lowest BCUT2D eigenvalue weighted by atomic mass is 9.91. The minimum absolute atomic E-state index is 0.529. The van der Waals surface area contributed by atoms with E-state index in [1.54, 1.807) is 6.26 Å². The first kappa shape index (κ1) is 15.2. The van der Waals surface area contributed by atoms with Gasteiger partial charge < -0.3 is 13.6 Å². The summed E-state index contributed by atoms with van der Waals surface area (Å²) in [6.45, 7) is 2.17. The third kappa shape index (κ3) is 1.77. The molecule has 7 rings (SSSR count). The van der Waals surface area contributed by atoms with Gasteiger partial charge in [-0.1, -0.05) is 24.3 Å². The van der Waals surface area contributed by atoms with E-state index >= 15 is 0 Å². The molecule has 1 aliphatic rings. The van der Waals surface area contributed by atoms with E-state index in [1.165, 1.54) is 16.3 Å². The van der Waals surface area contributed by atoms with Crippen LogP contribution in [0.5, 0.6) is 11.5 Å². The van der Waals surface area contributed by atoms with Crippen LogP contribution in [0.1, 0.15) is 5.56 Å². The maximum absolute atomic E-state index is 6.56. The zero-order chi connectivity index (χ0) is 19.3. The smallest absolute Gasteiger partial charge is 0.298 e. The van der Waals surface area contributed by atoms with Crippen molar-refractivity contribution in [3.05, 3.63) is 66.6 Å². The highest BCUT2D eigenvalue weighted by molar-refractivity contribution is 6.17. The van der Waals surface area contributed by atoms with Gasteiger partial charge in [0, 0.05) is 11.5 Å². The number of rotatable bonds is 0. The largest absolute Gasteiger partial charge is 0.452 e. The Labute approximate surface area is 165 Å². The fourth-order valence-corrected chi connectivity index (χ4v) is 4.83. The zero-order valence-electron chi connectivity index (χ0n) is 15.9. The molecule has 0 unspecified atom stereocenters. The van der Waals surface area contributed by atoms with Gasteiger partial charge >= 0.3 is 0 Å². The summed E-state index contributed by atoms with van der Waals surface area (Å²) in [4.78, 5) is 0. The average Bonchev–Trinajstić information content (AvgIpc) is 3.32. The zero-order valence-corrected chi connectivity index (χ0v) is 15.9. The molecule has 0 aliphatic carbocycles. The van der Waals surface area contributed by atoms with Gasteiger partial charge in [-0.3, -0.25) is 0 Å². The van der Waals surface area contributed by atoms with Crippen molar-refractivity contribution < 1.29 is 18.1 Å². The quantitative estimate of drug-likeness (QED) is 0.287. The number of benzene rings is 3. The van der Waals surface area contributed by atoms with Crippen LogP contribution < -0.4 is 9.30 Å². The summed E-state index contributed by atoms with van der Waals surface area (Å²) in [5.41, 5.74) is 4.24. The molecular formula is C25H16NO3+. The molecule has 0 amide bonds. The van der Waals surface area contributed by atoms with Crippen LogP contribution in [0, 0.1) is 6.92 Å². The predicted octanol–water partition coefficient (Wildman–Crippen LogP) is 6.39. The van der Waals surface area contributed by atoms with Crippen LogP contribution in [0.2, 0.25) is 0 Å². The highest BCUT2D eigenvalue weighted by Gasteiger charge is 2.33. The highest BCUT2D eigenvalue weighted by atomic mass is 16.5. The van der Waals surface area contributed by atoms with Crippen LogP contribution in [-0.4, -0.2) is 0 Å². The average molecular weight is 378 g/mol. The first-order valence-corrected chi connectivity index (χ1v) is 9.66. The monoisotopic (exact) mass is 378 g/mol. The number of hydrogen-bond donors (Lipinski definition) is 0. The van der Waals surface area contributed by atoms with Crippen molar-refractivity contribution in [2.45, 2.75) is 6.92 Å². The van der Waals surface area contributed by atoms with Gasteiger partial charge in [-0.2, -0.15) is 0 Å². The number of furan rings is 2. The number of aromatic nitrogens is 1. The van der Waals surface area contributed by atoms with E-state index in [1.807, 2.05) is 6.07 Å². The number of hydrogen-bond acceptors (Lipinski definition) is 3. The molecule has 138 valence electrons. The summed E-state index contributed by atoms with van der Waals surface area (Å²) in [5.74, 6) is 2.15. The van der Waals surface area contributed by atoms with Crippen LogP contribution in [0.25, 0.3) is 54.9 Å². The van der Waals surface area contributed by atoms with Crippen molar-refractivity contribution in [3.63, 3.8) is 0 Å². The summed E-state index contributed by atoms with van der Waals surface area (Å²) in [7, 11) is 2.08. The molecule has 3 aromatic carbocycles. The molecule has 29 heavy (non-hydrogen) atoms. The molecule has 0 fully saturated rings. The van der Waals surface area contributed by atoms with Crippen molar-refractivity contribution in [1.29, 1.82) is 0 Å². The second kappa shape index (κ2) is 4.97. The van der Waals surface area contributed by atoms with Gasteiger partial charge in [0.05, 0.1) is 17.2 Å². The van der Waals surface area contributed by atoms with Gasteiger partial charge in [-0.25, -0.2) is 4.57 Å². The first-order chi connectivity index (χ1) is 14.2. The molecule has 4 heteroatoms. The van der Waals surface area contributed by atoms with Gasteiger partial charge in [-0.05, 0) is 46.8 Å². The molecule has 0 spiro atoms. The van der Waals surface area contributed by atoms with Crippen LogP contribution in [-0.2, 0) is 7.05 Å². The fourth-order valence-electron chi connectivity index (χ4n) is 4.83. The van der Waals surface area contributed by atoms with E-state index in [4.69, 9.17) is 13.6 Å². The van der Waals surface area contributed by atoms with E-state index in [9.17, 15) is 0 Å². The fraction of sp³-hybridized carbons (Fsp3) is 0.0800. The topological polar surface area (TPSA) is 39.4 Å². The lowest BCUT2D eigenvalue weighted by Crippen LogP contribution is -2.31. The number of aryl methyl sites for hydroxylation is 2. The predicted molar refractivity (Wildman–Crippen MR) is 112 cm³/mol. The van der Waals surface area contributed by atoms with E-state index in [2.05, 4.69) is 67.2 Å². The molecule has 1 aliphatic heterocycles. The number of pyridine rings is 1. The summed E-state index contributed by atoms with van der Waals surface area (Å²) < 4.78 is 20.3. The Hall–Kier alpha value is -3.79. The third-order valence-corrected chi connectivity index (χ3v) is 6.17. The normalized spacial score (nSPS) is 12.8. The van der Waals surface area contributed by atoms with Crippen molar-refractivity contribution in [3.8, 4) is 22.8 Å². The Morgan fingerprint density at radius 2 is 1.79 bits per heavy atom. The SMILES string of the molecule is Cc1c2c(cc3ccccc13)Oc1c3oc4occc4c3cc3cc[n+](C)c-2c13. The Morgan fingerprint density at radius 3 is 2.72 bits per heavy atom. The van der Waals surface area contributed by atoms with E-state index in [0.717, 1.165) is 49.9 Å². The molecule has 0 atom stereocenters. The Balaban J connectivity index is 1.73. The van der Waals surface area contributed by atoms with Crippen molar-refractivity contribution in [1.82, 2.24) is 0 Å². The summed E-state index contributed by atoms with van der Waals surface area (Å²) in [6, 6.07) is 16.8. The summed E-state index contributed by atoms with van der Waals surface area (Å²) in [6.07, 6.45) is 3.77. The molecule has 6 aromatic rings. The second-order valence-corrected chi connectivity index (χ2v) is 7.74. The first-order valence-electron chi connectivity index (χ1n) is 9.66. The van der Waals surface area contributed by atoms with Crippen molar-refractivity contribution >= 4 is 43.7 Å². The minimum atomic E-state index is 0.529. The van der Waals surface area contributed by atoms with Crippen LogP contribution in [0.4, 0.5) is 0 Å². The van der Waals surface area contributed by atoms with Gasteiger partial charge in [0.15, 0.2) is 17.5 Å². The van der Waals surface area contributed by atoms with E-state index in [-0.39, 0.29) is 0 Å². The van der Waals surface area contributed by atoms with Crippen LogP contribution in [0.3, 0.4) is 0 Å². The number of nitrogens with zero attached hydrogens (tertiary/aromatic N) is 1. The van der Waals surface area contributed by atoms with Crippen LogP contribution in [0.15, 0.2) is 69.8 Å². The highest BCUT2D eigenvalue weighted by Crippen LogP contribution is 2.52. The molecule has 0 bridgehead atoms. The Bertz CT molecular complexity index is 1650.